The summed E-state index contributed by atoms with van der Waals surface area (Å²) in [7, 11) is 0. The standard InChI is InChI=1S/C22H25N3OS/c1-15(2)25-11-9-16(10-12-25)23-22(26)18-14-20(21-8-5-13-27-21)24-19-7-4-3-6-17(18)19/h3-8,13-16H,9-12H2,1-2H3,(H,23,26). The lowest BCUT2D eigenvalue weighted by molar-refractivity contribution is 0.0902. The zero-order valence-electron chi connectivity index (χ0n) is 15.8. The summed E-state index contributed by atoms with van der Waals surface area (Å²) >= 11 is 1.64. The average Bonchev–Trinajstić information content (AvgIpc) is 3.22. The molecule has 3 heterocycles. The van der Waals surface area contributed by atoms with Gasteiger partial charge in [-0.05, 0) is 50.3 Å². The molecule has 1 amide bonds. The van der Waals surface area contributed by atoms with Gasteiger partial charge in [0.05, 0.1) is 21.7 Å². The van der Waals surface area contributed by atoms with Crippen molar-refractivity contribution in [2.45, 2.75) is 38.8 Å². The number of benzene rings is 1. The molecule has 1 aromatic carbocycles. The number of rotatable bonds is 4. The SMILES string of the molecule is CC(C)N1CCC(NC(=O)c2cc(-c3cccs3)nc3ccccc23)CC1. The fraction of sp³-hybridized carbons (Fsp3) is 0.364. The van der Waals surface area contributed by atoms with Crippen LogP contribution >= 0.6 is 11.3 Å². The lowest BCUT2D eigenvalue weighted by atomic mass is 10.0. The molecule has 0 saturated carbocycles. The second kappa shape index (κ2) is 7.79. The highest BCUT2D eigenvalue weighted by molar-refractivity contribution is 7.13. The quantitative estimate of drug-likeness (QED) is 0.722. The number of aromatic nitrogens is 1. The van der Waals surface area contributed by atoms with Crippen LogP contribution in [0.2, 0.25) is 0 Å². The van der Waals surface area contributed by atoms with Gasteiger partial charge in [0.2, 0.25) is 0 Å². The van der Waals surface area contributed by atoms with Gasteiger partial charge in [0.25, 0.3) is 5.91 Å². The first kappa shape index (κ1) is 18.1. The number of para-hydroxylation sites is 1. The van der Waals surface area contributed by atoms with Crippen LogP contribution in [0.3, 0.4) is 0 Å². The molecule has 140 valence electrons. The second-order valence-electron chi connectivity index (χ2n) is 7.43. The van der Waals surface area contributed by atoms with Gasteiger partial charge in [-0.2, -0.15) is 0 Å². The molecule has 0 spiro atoms. The summed E-state index contributed by atoms with van der Waals surface area (Å²) in [6.07, 6.45) is 2.01. The summed E-state index contributed by atoms with van der Waals surface area (Å²) in [4.78, 5) is 21.4. The summed E-state index contributed by atoms with van der Waals surface area (Å²) < 4.78 is 0. The third-order valence-corrected chi connectivity index (χ3v) is 6.22. The Morgan fingerprint density at radius 2 is 1.96 bits per heavy atom. The van der Waals surface area contributed by atoms with Crippen molar-refractivity contribution in [3.8, 4) is 10.6 Å². The van der Waals surface area contributed by atoms with E-state index in [0.717, 1.165) is 53.0 Å². The molecule has 0 atom stereocenters. The molecule has 2 aromatic heterocycles. The van der Waals surface area contributed by atoms with E-state index in [0.29, 0.717) is 6.04 Å². The van der Waals surface area contributed by atoms with Gasteiger partial charge in [-0.15, -0.1) is 11.3 Å². The Bertz CT molecular complexity index is 928. The van der Waals surface area contributed by atoms with Gasteiger partial charge in [0.15, 0.2) is 0 Å². The van der Waals surface area contributed by atoms with Crippen LogP contribution in [-0.4, -0.2) is 41.0 Å². The Balaban J connectivity index is 1.60. The number of carbonyl (C=O) groups is 1. The molecule has 3 aromatic rings. The average molecular weight is 380 g/mol. The smallest absolute Gasteiger partial charge is 0.252 e. The van der Waals surface area contributed by atoms with E-state index in [9.17, 15) is 4.79 Å². The van der Waals surface area contributed by atoms with Crippen molar-refractivity contribution in [2.75, 3.05) is 13.1 Å². The number of pyridine rings is 1. The molecule has 5 heteroatoms. The maximum atomic E-state index is 13.1. The minimum absolute atomic E-state index is 0.00871. The van der Waals surface area contributed by atoms with Crippen LogP contribution < -0.4 is 5.32 Å². The van der Waals surface area contributed by atoms with Gasteiger partial charge in [-0.3, -0.25) is 4.79 Å². The number of nitrogens with zero attached hydrogens (tertiary/aromatic N) is 2. The van der Waals surface area contributed by atoms with E-state index in [4.69, 9.17) is 4.98 Å². The molecule has 0 bridgehead atoms. The highest BCUT2D eigenvalue weighted by Crippen LogP contribution is 2.28. The molecule has 1 fully saturated rings. The summed E-state index contributed by atoms with van der Waals surface area (Å²) in [5.74, 6) is 0.00871. The van der Waals surface area contributed by atoms with E-state index in [-0.39, 0.29) is 11.9 Å². The Hall–Kier alpha value is -2.24. The van der Waals surface area contributed by atoms with Crippen molar-refractivity contribution < 1.29 is 4.79 Å². The largest absolute Gasteiger partial charge is 0.349 e. The van der Waals surface area contributed by atoms with E-state index in [1.807, 2.05) is 47.8 Å². The van der Waals surface area contributed by atoms with Gasteiger partial charge >= 0.3 is 0 Å². The third kappa shape index (κ3) is 3.89. The lowest BCUT2D eigenvalue weighted by Gasteiger charge is -2.34. The monoisotopic (exact) mass is 379 g/mol. The van der Waals surface area contributed by atoms with E-state index in [1.54, 1.807) is 11.3 Å². The van der Waals surface area contributed by atoms with Gasteiger partial charge in [-0.1, -0.05) is 24.3 Å². The van der Waals surface area contributed by atoms with E-state index < -0.39 is 0 Å². The predicted molar refractivity (Wildman–Crippen MR) is 112 cm³/mol. The highest BCUT2D eigenvalue weighted by Gasteiger charge is 2.23. The Kier molecular flexibility index (Phi) is 5.23. The van der Waals surface area contributed by atoms with Crippen LogP contribution in [0.25, 0.3) is 21.5 Å². The van der Waals surface area contributed by atoms with Gasteiger partial charge < -0.3 is 10.2 Å². The fourth-order valence-corrected chi connectivity index (χ4v) is 4.42. The second-order valence-corrected chi connectivity index (χ2v) is 8.37. The number of piperidine rings is 1. The summed E-state index contributed by atoms with van der Waals surface area (Å²) in [5.41, 5.74) is 2.45. The predicted octanol–water partition coefficient (Wildman–Crippen LogP) is 4.57. The van der Waals surface area contributed by atoms with Crippen LogP contribution in [0.4, 0.5) is 0 Å². The van der Waals surface area contributed by atoms with E-state index >= 15 is 0 Å². The van der Waals surface area contributed by atoms with Crippen LogP contribution in [0.1, 0.15) is 37.0 Å². The van der Waals surface area contributed by atoms with Crippen LogP contribution in [0.15, 0.2) is 47.8 Å². The first-order chi connectivity index (χ1) is 13.1. The van der Waals surface area contributed by atoms with Crippen LogP contribution in [0.5, 0.6) is 0 Å². The topological polar surface area (TPSA) is 45.2 Å². The van der Waals surface area contributed by atoms with Crippen molar-refractivity contribution in [3.05, 3.63) is 53.4 Å². The van der Waals surface area contributed by atoms with Crippen LogP contribution in [-0.2, 0) is 0 Å². The fourth-order valence-electron chi connectivity index (χ4n) is 3.74. The van der Waals surface area contributed by atoms with E-state index in [1.165, 1.54) is 0 Å². The molecular weight excluding hydrogens is 354 g/mol. The molecule has 1 saturated heterocycles. The van der Waals surface area contributed by atoms with Crippen molar-refractivity contribution in [2.24, 2.45) is 0 Å². The minimum atomic E-state index is 0.00871. The Morgan fingerprint density at radius 1 is 1.19 bits per heavy atom. The molecule has 1 N–H and O–H groups in total. The van der Waals surface area contributed by atoms with E-state index in [2.05, 4.69) is 24.1 Å². The number of likely N-dealkylation sites (tertiary alicyclic amines) is 1. The number of thiophene rings is 1. The normalized spacial score (nSPS) is 16.1. The molecule has 4 nitrogen and oxygen atoms in total. The zero-order chi connectivity index (χ0) is 18.8. The highest BCUT2D eigenvalue weighted by atomic mass is 32.1. The Morgan fingerprint density at radius 3 is 2.67 bits per heavy atom. The number of nitrogens with one attached hydrogen (secondary N) is 1. The van der Waals surface area contributed by atoms with Gasteiger partial charge in [0, 0.05) is 30.6 Å². The van der Waals surface area contributed by atoms with Crippen molar-refractivity contribution in [1.29, 1.82) is 0 Å². The van der Waals surface area contributed by atoms with Crippen LogP contribution in [0, 0.1) is 0 Å². The molecule has 4 rings (SSSR count). The minimum Gasteiger partial charge on any atom is -0.349 e. The third-order valence-electron chi connectivity index (χ3n) is 5.33. The zero-order valence-corrected chi connectivity index (χ0v) is 16.6. The first-order valence-corrected chi connectivity index (χ1v) is 10.5. The summed E-state index contributed by atoms with van der Waals surface area (Å²) in [6, 6.07) is 14.7. The first-order valence-electron chi connectivity index (χ1n) is 9.60. The number of amides is 1. The maximum absolute atomic E-state index is 13.1. The van der Waals surface area contributed by atoms with Gasteiger partial charge in [-0.25, -0.2) is 4.98 Å². The van der Waals surface area contributed by atoms with Crippen molar-refractivity contribution in [1.82, 2.24) is 15.2 Å². The number of carbonyl (C=O) groups excluding carboxylic acids is 1. The number of hydrogen-bond acceptors (Lipinski definition) is 4. The Labute approximate surface area is 164 Å². The maximum Gasteiger partial charge on any atom is 0.252 e. The van der Waals surface area contributed by atoms with Crippen molar-refractivity contribution in [3.63, 3.8) is 0 Å². The molecule has 0 unspecified atom stereocenters. The summed E-state index contributed by atoms with van der Waals surface area (Å²) in [5, 5.41) is 6.22. The molecule has 1 aliphatic rings. The number of fused-ring (bicyclic) bond motifs is 1. The van der Waals surface area contributed by atoms with Gasteiger partial charge in [0.1, 0.15) is 0 Å². The molecule has 27 heavy (non-hydrogen) atoms. The molecule has 0 aliphatic carbocycles. The molecule has 1 aliphatic heterocycles. The van der Waals surface area contributed by atoms with Crippen molar-refractivity contribution >= 4 is 28.1 Å². The number of hydrogen-bond donors (Lipinski definition) is 1. The molecule has 0 radical (unpaired) electrons. The molecular formula is C22H25N3OS. The summed E-state index contributed by atoms with van der Waals surface area (Å²) in [6.45, 7) is 6.54. The lowest BCUT2D eigenvalue weighted by Crippen LogP contribution is -2.46.